The highest BCUT2D eigenvalue weighted by Gasteiger charge is 2.28. The van der Waals surface area contributed by atoms with E-state index in [9.17, 15) is 23.8 Å². The van der Waals surface area contributed by atoms with Crippen molar-refractivity contribution in [3.8, 4) is 6.07 Å². The minimum atomic E-state index is -3.90. The van der Waals surface area contributed by atoms with Gasteiger partial charge in [0.25, 0.3) is 10.0 Å². The summed E-state index contributed by atoms with van der Waals surface area (Å²) in [5.74, 6) is -0.101. The number of hydrogen-bond donors (Lipinski definition) is 1. The molecule has 30 heavy (non-hydrogen) atoms. The minimum Gasteiger partial charge on any atom is -0.376 e. The molecule has 0 spiro atoms. The predicted octanol–water partition coefficient (Wildman–Crippen LogP) is 3.68. The van der Waals surface area contributed by atoms with E-state index in [0.29, 0.717) is 11.8 Å². The first kappa shape index (κ1) is 19.8. The van der Waals surface area contributed by atoms with Crippen molar-refractivity contribution in [3.05, 3.63) is 58.9 Å². The summed E-state index contributed by atoms with van der Waals surface area (Å²) in [6.07, 6.45) is 5.46. The summed E-state index contributed by atoms with van der Waals surface area (Å²) >= 11 is 0. The first-order chi connectivity index (χ1) is 14.4. The Balaban J connectivity index is 1.81. The van der Waals surface area contributed by atoms with E-state index in [4.69, 9.17) is 0 Å². The second-order valence-electron chi connectivity index (χ2n) is 7.28. The van der Waals surface area contributed by atoms with Crippen LogP contribution in [0.2, 0.25) is 0 Å². The average Bonchev–Trinajstić information content (AvgIpc) is 3.20. The van der Waals surface area contributed by atoms with E-state index < -0.39 is 14.9 Å². The summed E-state index contributed by atoms with van der Waals surface area (Å²) in [7, 11) is -3.90. The Labute approximate surface area is 173 Å². The van der Waals surface area contributed by atoms with E-state index in [1.54, 1.807) is 18.2 Å². The van der Waals surface area contributed by atoms with Crippen molar-refractivity contribution in [3.63, 3.8) is 0 Å². The number of aromatic nitrogens is 2. The standard InChI is InChI=1S/C20H19N5O4S/c21-12-14-5-4-6-15(11-14)23-19-17-9-10-24(20(17)22-13-18(19)25(26)27)30(28,29)16-7-2-1-3-8-16/h1-3,7-10,13-15H,4-6,11H2,(H,22,23)/t14-,15-/m0/s1. The average molecular weight is 425 g/mol. The summed E-state index contributed by atoms with van der Waals surface area (Å²) in [5, 5.41) is 24.4. The molecule has 10 heteroatoms. The molecule has 1 fully saturated rings. The highest BCUT2D eigenvalue weighted by atomic mass is 32.2. The predicted molar refractivity (Wildman–Crippen MR) is 110 cm³/mol. The van der Waals surface area contributed by atoms with Gasteiger partial charge in [0.15, 0.2) is 5.65 Å². The molecular formula is C20H19N5O4S. The third-order valence-electron chi connectivity index (χ3n) is 5.36. The minimum absolute atomic E-state index is 0.0984. The Kier molecular flexibility index (Phi) is 5.13. The lowest BCUT2D eigenvalue weighted by Crippen LogP contribution is -2.27. The van der Waals surface area contributed by atoms with Gasteiger partial charge in [-0.2, -0.15) is 5.26 Å². The van der Waals surface area contributed by atoms with Crippen LogP contribution in [0.5, 0.6) is 0 Å². The van der Waals surface area contributed by atoms with Crippen LogP contribution < -0.4 is 5.32 Å². The summed E-state index contributed by atoms with van der Waals surface area (Å²) in [6, 6.07) is 11.6. The molecule has 1 aliphatic rings. The Morgan fingerprint density at radius 3 is 2.70 bits per heavy atom. The topological polar surface area (TPSA) is 131 Å². The molecule has 0 radical (unpaired) electrons. The van der Waals surface area contributed by atoms with Gasteiger partial charge in [0.1, 0.15) is 11.9 Å². The van der Waals surface area contributed by atoms with Crippen LogP contribution in [0.25, 0.3) is 11.0 Å². The molecule has 0 amide bonds. The number of nitriles is 1. The number of nitrogens with one attached hydrogen (secondary N) is 1. The quantitative estimate of drug-likeness (QED) is 0.487. The van der Waals surface area contributed by atoms with Gasteiger partial charge in [0.2, 0.25) is 0 Å². The third-order valence-corrected chi connectivity index (χ3v) is 7.04. The number of nitrogens with zero attached hydrogens (tertiary/aromatic N) is 4. The van der Waals surface area contributed by atoms with Crippen LogP contribution in [-0.2, 0) is 10.0 Å². The Morgan fingerprint density at radius 1 is 1.23 bits per heavy atom. The number of anilines is 1. The van der Waals surface area contributed by atoms with Crippen molar-refractivity contribution in [2.75, 3.05) is 5.32 Å². The molecule has 1 aromatic carbocycles. The van der Waals surface area contributed by atoms with Gasteiger partial charge >= 0.3 is 5.69 Å². The van der Waals surface area contributed by atoms with Gasteiger partial charge in [-0.25, -0.2) is 17.4 Å². The SMILES string of the molecule is N#C[C@H]1CCC[C@H](Nc2c([N+](=O)[O-])cnc3c2ccn3S(=O)(=O)c2ccccc2)C1. The van der Waals surface area contributed by atoms with Crippen LogP contribution in [0.3, 0.4) is 0 Å². The lowest BCUT2D eigenvalue weighted by Gasteiger charge is -2.27. The van der Waals surface area contributed by atoms with Crippen molar-refractivity contribution in [2.24, 2.45) is 5.92 Å². The number of pyridine rings is 1. The molecule has 0 bridgehead atoms. The van der Waals surface area contributed by atoms with Crippen molar-refractivity contribution in [1.82, 2.24) is 8.96 Å². The number of fused-ring (bicyclic) bond motifs is 1. The van der Waals surface area contributed by atoms with E-state index in [0.717, 1.165) is 29.4 Å². The first-order valence-corrected chi connectivity index (χ1v) is 11.0. The molecule has 0 unspecified atom stereocenters. The fourth-order valence-electron chi connectivity index (χ4n) is 3.88. The van der Waals surface area contributed by atoms with E-state index in [-0.39, 0.29) is 33.9 Å². The molecular weight excluding hydrogens is 406 g/mol. The molecule has 2 aromatic heterocycles. The largest absolute Gasteiger partial charge is 0.376 e. The number of benzene rings is 1. The van der Waals surface area contributed by atoms with Crippen LogP contribution in [-0.4, -0.2) is 28.3 Å². The molecule has 0 saturated heterocycles. The van der Waals surface area contributed by atoms with Gasteiger partial charge in [-0.1, -0.05) is 24.6 Å². The van der Waals surface area contributed by atoms with Crippen molar-refractivity contribution in [1.29, 1.82) is 5.26 Å². The van der Waals surface area contributed by atoms with Crippen molar-refractivity contribution >= 4 is 32.4 Å². The number of rotatable bonds is 5. The summed E-state index contributed by atoms with van der Waals surface area (Å²) in [4.78, 5) is 15.2. The first-order valence-electron chi connectivity index (χ1n) is 9.53. The molecule has 4 rings (SSSR count). The molecule has 1 saturated carbocycles. The zero-order valence-corrected chi connectivity index (χ0v) is 16.7. The Morgan fingerprint density at radius 2 is 2.00 bits per heavy atom. The van der Waals surface area contributed by atoms with Gasteiger partial charge in [0, 0.05) is 18.2 Å². The zero-order chi connectivity index (χ0) is 21.3. The van der Waals surface area contributed by atoms with E-state index in [1.807, 2.05) is 0 Å². The van der Waals surface area contributed by atoms with Crippen LogP contribution in [0.1, 0.15) is 25.7 Å². The number of nitro groups is 1. The summed E-state index contributed by atoms with van der Waals surface area (Å²) < 4.78 is 27.1. The van der Waals surface area contributed by atoms with Crippen LogP contribution in [0.4, 0.5) is 11.4 Å². The summed E-state index contributed by atoms with van der Waals surface area (Å²) in [6.45, 7) is 0. The van der Waals surface area contributed by atoms with Crippen LogP contribution >= 0.6 is 0 Å². The van der Waals surface area contributed by atoms with Crippen molar-refractivity contribution < 1.29 is 13.3 Å². The van der Waals surface area contributed by atoms with E-state index >= 15 is 0 Å². The zero-order valence-electron chi connectivity index (χ0n) is 15.9. The molecule has 1 aliphatic carbocycles. The van der Waals surface area contributed by atoms with Crippen LogP contribution in [0, 0.1) is 27.4 Å². The maximum Gasteiger partial charge on any atom is 0.311 e. The highest BCUT2D eigenvalue weighted by molar-refractivity contribution is 7.90. The Hall–Kier alpha value is -3.45. The van der Waals surface area contributed by atoms with Gasteiger partial charge < -0.3 is 5.32 Å². The molecule has 0 aliphatic heterocycles. The second-order valence-corrected chi connectivity index (χ2v) is 9.09. The lowest BCUT2D eigenvalue weighted by atomic mass is 9.86. The molecule has 9 nitrogen and oxygen atoms in total. The van der Waals surface area contributed by atoms with Crippen LogP contribution in [0.15, 0.2) is 53.7 Å². The maximum absolute atomic E-state index is 13.0. The van der Waals surface area contributed by atoms with Gasteiger partial charge in [-0.05, 0) is 37.5 Å². The Bertz CT molecular complexity index is 1250. The van der Waals surface area contributed by atoms with E-state index in [2.05, 4.69) is 16.4 Å². The normalized spacial score (nSPS) is 19.3. The van der Waals surface area contributed by atoms with Gasteiger partial charge in [-0.3, -0.25) is 10.1 Å². The van der Waals surface area contributed by atoms with Crippen molar-refractivity contribution in [2.45, 2.75) is 36.6 Å². The fourth-order valence-corrected chi connectivity index (χ4v) is 5.21. The van der Waals surface area contributed by atoms with Gasteiger partial charge in [-0.15, -0.1) is 0 Å². The molecule has 2 atom stereocenters. The maximum atomic E-state index is 13.0. The molecule has 2 heterocycles. The molecule has 154 valence electrons. The summed E-state index contributed by atoms with van der Waals surface area (Å²) in [5.41, 5.74) is 0.117. The third kappa shape index (κ3) is 3.48. The monoisotopic (exact) mass is 425 g/mol. The molecule has 3 aromatic rings. The lowest BCUT2D eigenvalue weighted by molar-refractivity contribution is -0.384. The molecule has 1 N–H and O–H groups in total. The smallest absolute Gasteiger partial charge is 0.311 e. The number of hydrogen-bond acceptors (Lipinski definition) is 7. The van der Waals surface area contributed by atoms with Gasteiger partial charge in [0.05, 0.1) is 21.3 Å². The van der Waals surface area contributed by atoms with E-state index in [1.165, 1.54) is 24.4 Å². The second kappa shape index (κ2) is 7.76. The fraction of sp³-hybridized carbons (Fsp3) is 0.300. The highest BCUT2D eigenvalue weighted by Crippen LogP contribution is 2.36.